The van der Waals surface area contributed by atoms with E-state index in [0.29, 0.717) is 5.92 Å². The molecular weight excluding hydrogens is 198 g/mol. The number of piperidine rings is 1. The molecule has 1 unspecified atom stereocenters. The van der Waals surface area contributed by atoms with Gasteiger partial charge in [-0.05, 0) is 37.8 Å². The summed E-state index contributed by atoms with van der Waals surface area (Å²) in [5, 5.41) is 9.63. The Kier molecular flexibility index (Phi) is 3.97. The fourth-order valence-electron chi connectivity index (χ4n) is 2.47. The van der Waals surface area contributed by atoms with Gasteiger partial charge in [0, 0.05) is 13.1 Å². The minimum atomic E-state index is -0.168. The largest absolute Gasteiger partial charge is 0.393 e. The standard InChI is InChI=1S/C14H21NO/c1-12(16)14-8-5-9-15(11-14)10-13-6-3-2-4-7-13/h2-4,6-7,12,14,16H,5,8-11H2,1H3/t12-,14?/m0/s1. The van der Waals surface area contributed by atoms with Crippen molar-refractivity contribution in [3.8, 4) is 0 Å². The van der Waals surface area contributed by atoms with Gasteiger partial charge in [0.1, 0.15) is 0 Å². The number of aliphatic hydroxyl groups is 1. The molecule has 0 radical (unpaired) electrons. The summed E-state index contributed by atoms with van der Waals surface area (Å²) in [6, 6.07) is 10.6. The second-order valence-corrected chi connectivity index (χ2v) is 4.86. The maximum atomic E-state index is 9.63. The van der Waals surface area contributed by atoms with Gasteiger partial charge in [-0.25, -0.2) is 0 Å². The highest BCUT2D eigenvalue weighted by Crippen LogP contribution is 2.21. The van der Waals surface area contributed by atoms with Crippen LogP contribution in [0.15, 0.2) is 30.3 Å². The van der Waals surface area contributed by atoms with E-state index >= 15 is 0 Å². The topological polar surface area (TPSA) is 23.5 Å². The van der Waals surface area contributed by atoms with Gasteiger partial charge < -0.3 is 5.11 Å². The van der Waals surface area contributed by atoms with E-state index in [4.69, 9.17) is 0 Å². The third-order valence-corrected chi connectivity index (χ3v) is 3.47. The van der Waals surface area contributed by atoms with Crippen molar-refractivity contribution >= 4 is 0 Å². The van der Waals surface area contributed by atoms with Crippen LogP contribution in [0.4, 0.5) is 0 Å². The van der Waals surface area contributed by atoms with Crippen molar-refractivity contribution in [2.45, 2.75) is 32.4 Å². The number of benzene rings is 1. The summed E-state index contributed by atoms with van der Waals surface area (Å²) < 4.78 is 0. The van der Waals surface area contributed by atoms with Gasteiger partial charge in [-0.15, -0.1) is 0 Å². The Balaban J connectivity index is 1.90. The third-order valence-electron chi connectivity index (χ3n) is 3.47. The molecule has 0 saturated carbocycles. The molecule has 1 aliphatic rings. The lowest BCUT2D eigenvalue weighted by molar-refractivity contribution is 0.0599. The van der Waals surface area contributed by atoms with Crippen molar-refractivity contribution in [1.82, 2.24) is 4.90 Å². The first-order valence-corrected chi connectivity index (χ1v) is 6.20. The molecular formula is C14H21NO. The smallest absolute Gasteiger partial charge is 0.0552 e. The molecule has 0 aromatic heterocycles. The molecule has 2 nitrogen and oxygen atoms in total. The summed E-state index contributed by atoms with van der Waals surface area (Å²) >= 11 is 0. The van der Waals surface area contributed by atoms with E-state index in [1.165, 1.54) is 18.4 Å². The second-order valence-electron chi connectivity index (χ2n) is 4.86. The fourth-order valence-corrected chi connectivity index (χ4v) is 2.47. The Morgan fingerprint density at radius 3 is 2.81 bits per heavy atom. The molecule has 0 spiro atoms. The van der Waals surface area contributed by atoms with Gasteiger partial charge in [-0.1, -0.05) is 30.3 Å². The third kappa shape index (κ3) is 3.06. The first-order valence-electron chi connectivity index (χ1n) is 6.20. The van der Waals surface area contributed by atoms with Gasteiger partial charge in [0.2, 0.25) is 0 Å². The van der Waals surface area contributed by atoms with Crippen molar-refractivity contribution in [1.29, 1.82) is 0 Å². The fraction of sp³-hybridized carbons (Fsp3) is 0.571. The Hall–Kier alpha value is -0.860. The Labute approximate surface area is 97.9 Å². The minimum absolute atomic E-state index is 0.168. The summed E-state index contributed by atoms with van der Waals surface area (Å²) in [6.45, 7) is 5.13. The number of hydrogen-bond donors (Lipinski definition) is 1. The van der Waals surface area contributed by atoms with Crippen LogP contribution in [0.1, 0.15) is 25.3 Å². The molecule has 1 fully saturated rings. The van der Waals surface area contributed by atoms with Crippen LogP contribution in [0.3, 0.4) is 0 Å². The zero-order chi connectivity index (χ0) is 11.4. The molecule has 2 rings (SSSR count). The predicted molar refractivity (Wildman–Crippen MR) is 66.1 cm³/mol. The zero-order valence-corrected chi connectivity index (χ0v) is 9.97. The van der Waals surface area contributed by atoms with E-state index in [1.807, 2.05) is 6.92 Å². The SMILES string of the molecule is C[C@H](O)C1CCCN(Cc2ccccc2)C1. The Morgan fingerprint density at radius 2 is 2.12 bits per heavy atom. The van der Waals surface area contributed by atoms with E-state index in [0.717, 1.165) is 19.6 Å². The van der Waals surface area contributed by atoms with Gasteiger partial charge in [-0.2, -0.15) is 0 Å². The number of rotatable bonds is 3. The maximum Gasteiger partial charge on any atom is 0.0552 e. The summed E-state index contributed by atoms with van der Waals surface area (Å²) in [7, 11) is 0. The first-order chi connectivity index (χ1) is 7.75. The lowest BCUT2D eigenvalue weighted by Crippen LogP contribution is -2.38. The lowest BCUT2D eigenvalue weighted by atomic mass is 9.93. The molecule has 88 valence electrons. The van der Waals surface area contributed by atoms with Crippen LogP contribution in [0, 0.1) is 5.92 Å². The van der Waals surface area contributed by atoms with Crippen molar-refractivity contribution in [2.24, 2.45) is 5.92 Å². The molecule has 1 aromatic carbocycles. The molecule has 2 heteroatoms. The highest BCUT2D eigenvalue weighted by molar-refractivity contribution is 5.14. The predicted octanol–water partition coefficient (Wildman–Crippen LogP) is 2.28. The van der Waals surface area contributed by atoms with E-state index in [1.54, 1.807) is 0 Å². The monoisotopic (exact) mass is 219 g/mol. The van der Waals surface area contributed by atoms with E-state index in [9.17, 15) is 5.11 Å². The highest BCUT2D eigenvalue weighted by atomic mass is 16.3. The molecule has 0 amide bonds. The average molecular weight is 219 g/mol. The van der Waals surface area contributed by atoms with Crippen LogP contribution in [-0.4, -0.2) is 29.2 Å². The van der Waals surface area contributed by atoms with Crippen LogP contribution in [0.2, 0.25) is 0 Å². The summed E-state index contributed by atoms with van der Waals surface area (Å²) in [4.78, 5) is 2.45. The molecule has 1 saturated heterocycles. The van der Waals surface area contributed by atoms with Crippen molar-refractivity contribution < 1.29 is 5.11 Å². The second kappa shape index (κ2) is 5.46. The number of likely N-dealkylation sites (tertiary alicyclic amines) is 1. The maximum absolute atomic E-state index is 9.63. The zero-order valence-electron chi connectivity index (χ0n) is 9.97. The molecule has 0 bridgehead atoms. The minimum Gasteiger partial charge on any atom is -0.393 e. The first kappa shape index (κ1) is 11.6. The Bertz CT molecular complexity index is 310. The van der Waals surface area contributed by atoms with Gasteiger partial charge >= 0.3 is 0 Å². The van der Waals surface area contributed by atoms with E-state index in [-0.39, 0.29) is 6.10 Å². The summed E-state index contributed by atoms with van der Waals surface area (Å²) in [6.07, 6.45) is 2.21. The molecule has 1 N–H and O–H groups in total. The molecule has 0 aliphatic carbocycles. The normalized spacial score (nSPS) is 24.2. The van der Waals surface area contributed by atoms with E-state index in [2.05, 4.69) is 35.2 Å². The molecule has 2 atom stereocenters. The van der Waals surface area contributed by atoms with Gasteiger partial charge in [0.05, 0.1) is 6.10 Å². The van der Waals surface area contributed by atoms with Crippen molar-refractivity contribution in [2.75, 3.05) is 13.1 Å². The van der Waals surface area contributed by atoms with Crippen LogP contribution < -0.4 is 0 Å². The molecule has 1 heterocycles. The number of hydrogen-bond acceptors (Lipinski definition) is 2. The van der Waals surface area contributed by atoms with Crippen molar-refractivity contribution in [3.63, 3.8) is 0 Å². The van der Waals surface area contributed by atoms with E-state index < -0.39 is 0 Å². The van der Waals surface area contributed by atoms with Crippen LogP contribution in [0.5, 0.6) is 0 Å². The van der Waals surface area contributed by atoms with Gasteiger partial charge in [0.15, 0.2) is 0 Å². The lowest BCUT2D eigenvalue weighted by Gasteiger charge is -2.34. The highest BCUT2D eigenvalue weighted by Gasteiger charge is 2.23. The van der Waals surface area contributed by atoms with Crippen molar-refractivity contribution in [3.05, 3.63) is 35.9 Å². The molecule has 1 aromatic rings. The number of nitrogens with zero attached hydrogens (tertiary/aromatic N) is 1. The molecule has 1 aliphatic heterocycles. The summed E-state index contributed by atoms with van der Waals surface area (Å²) in [5.41, 5.74) is 1.37. The number of aliphatic hydroxyl groups excluding tert-OH is 1. The van der Waals surface area contributed by atoms with Gasteiger partial charge in [0.25, 0.3) is 0 Å². The summed E-state index contributed by atoms with van der Waals surface area (Å²) in [5.74, 6) is 0.456. The van der Waals surface area contributed by atoms with Crippen LogP contribution in [-0.2, 0) is 6.54 Å². The quantitative estimate of drug-likeness (QED) is 0.843. The van der Waals surface area contributed by atoms with Gasteiger partial charge in [-0.3, -0.25) is 4.90 Å². The average Bonchev–Trinajstić information content (AvgIpc) is 2.30. The molecule has 16 heavy (non-hydrogen) atoms. The Morgan fingerprint density at radius 1 is 1.38 bits per heavy atom. The van der Waals surface area contributed by atoms with Crippen LogP contribution >= 0.6 is 0 Å². The van der Waals surface area contributed by atoms with Crippen LogP contribution in [0.25, 0.3) is 0 Å².